The summed E-state index contributed by atoms with van der Waals surface area (Å²) in [5, 5.41) is 0. The van der Waals surface area contributed by atoms with Crippen LogP contribution in [0.4, 0.5) is 0 Å². The monoisotopic (exact) mass is 339 g/mol. The van der Waals surface area contributed by atoms with Gasteiger partial charge in [-0.1, -0.05) is 36.4 Å². The predicted octanol–water partition coefficient (Wildman–Crippen LogP) is 3.41. The van der Waals surface area contributed by atoms with E-state index in [1.807, 2.05) is 0 Å². The molecule has 0 spiro atoms. The highest BCUT2D eigenvalue weighted by molar-refractivity contribution is 5.46. The number of nitrogens with zero attached hydrogens (tertiary/aromatic N) is 1. The van der Waals surface area contributed by atoms with Crippen LogP contribution in [0, 0.1) is 0 Å². The predicted molar refractivity (Wildman–Crippen MR) is 96.9 cm³/mol. The Morgan fingerprint density at radius 2 is 1.88 bits per heavy atom. The number of ether oxygens (including phenoxy) is 3. The van der Waals surface area contributed by atoms with E-state index in [0.717, 1.165) is 38.5 Å². The third-order valence-electron chi connectivity index (χ3n) is 5.12. The maximum atomic E-state index is 6.39. The van der Waals surface area contributed by atoms with Crippen LogP contribution < -0.4 is 4.74 Å². The number of benzene rings is 2. The molecule has 1 saturated heterocycles. The number of hydrogen-bond acceptors (Lipinski definition) is 4. The minimum Gasteiger partial charge on any atom is -0.475 e. The van der Waals surface area contributed by atoms with Crippen molar-refractivity contribution in [3.63, 3.8) is 0 Å². The second-order valence-corrected chi connectivity index (χ2v) is 6.73. The summed E-state index contributed by atoms with van der Waals surface area (Å²) in [5.74, 6) is 1.34. The van der Waals surface area contributed by atoms with Gasteiger partial charge in [0.05, 0.1) is 19.8 Å². The van der Waals surface area contributed by atoms with Crippen LogP contribution in [0.2, 0.25) is 0 Å². The van der Waals surface area contributed by atoms with Crippen LogP contribution in [0.25, 0.3) is 0 Å². The van der Waals surface area contributed by atoms with Crippen LogP contribution in [0.3, 0.4) is 0 Å². The second kappa shape index (κ2) is 7.56. The Kier molecular flexibility index (Phi) is 5.02. The molecule has 2 heterocycles. The average molecular weight is 339 g/mol. The van der Waals surface area contributed by atoms with E-state index < -0.39 is 0 Å². The van der Waals surface area contributed by atoms with E-state index in [1.165, 1.54) is 16.7 Å². The summed E-state index contributed by atoms with van der Waals surface area (Å²) >= 11 is 0. The van der Waals surface area contributed by atoms with Gasteiger partial charge < -0.3 is 14.2 Å². The normalized spacial score (nSPS) is 23.7. The third kappa shape index (κ3) is 3.56. The Morgan fingerprint density at radius 3 is 2.64 bits per heavy atom. The highest BCUT2D eigenvalue weighted by Gasteiger charge is 2.33. The fraction of sp³-hybridized carbons (Fsp3) is 0.429. The van der Waals surface area contributed by atoms with Gasteiger partial charge in [0.25, 0.3) is 0 Å². The molecule has 0 radical (unpaired) electrons. The van der Waals surface area contributed by atoms with E-state index in [9.17, 15) is 0 Å². The van der Waals surface area contributed by atoms with Crippen molar-refractivity contribution in [3.8, 4) is 5.75 Å². The molecule has 0 amide bonds. The van der Waals surface area contributed by atoms with Crippen molar-refractivity contribution >= 4 is 0 Å². The van der Waals surface area contributed by atoms with Gasteiger partial charge in [-0.2, -0.15) is 0 Å². The second-order valence-electron chi connectivity index (χ2n) is 6.73. The van der Waals surface area contributed by atoms with Crippen molar-refractivity contribution in [2.75, 3.05) is 33.4 Å². The van der Waals surface area contributed by atoms with E-state index in [4.69, 9.17) is 14.2 Å². The molecule has 2 atom stereocenters. The smallest absolute Gasteiger partial charge is 0.153 e. The van der Waals surface area contributed by atoms with E-state index in [2.05, 4.69) is 53.4 Å². The van der Waals surface area contributed by atoms with Crippen LogP contribution in [-0.4, -0.2) is 44.5 Å². The maximum Gasteiger partial charge on any atom is 0.153 e. The largest absolute Gasteiger partial charge is 0.475 e. The molecule has 0 aliphatic carbocycles. The quantitative estimate of drug-likeness (QED) is 0.854. The lowest BCUT2D eigenvalue weighted by molar-refractivity contribution is -0.0558. The molecule has 4 nitrogen and oxygen atoms in total. The van der Waals surface area contributed by atoms with Crippen molar-refractivity contribution in [3.05, 3.63) is 65.2 Å². The molecule has 2 unspecified atom stereocenters. The molecule has 2 aliphatic heterocycles. The number of hydrogen-bond donors (Lipinski definition) is 0. The van der Waals surface area contributed by atoms with Gasteiger partial charge in [0.1, 0.15) is 5.75 Å². The molecule has 0 aromatic heterocycles. The Balaban J connectivity index is 1.68. The molecule has 0 N–H and O–H groups in total. The Morgan fingerprint density at radius 1 is 1.08 bits per heavy atom. The van der Waals surface area contributed by atoms with E-state index in [-0.39, 0.29) is 6.23 Å². The Labute approximate surface area is 149 Å². The first kappa shape index (κ1) is 16.6. The summed E-state index contributed by atoms with van der Waals surface area (Å²) in [6, 6.07) is 17.2. The standard InChI is InChI=1S/C21H25NO3/c1-23-15-16-7-8-20-19(13-16)18(17-5-3-2-4-6-17)14-21(25-20)22-9-11-24-12-10-22/h2-8,13,18,21H,9-12,14-15H2,1H3. The van der Waals surface area contributed by atoms with Crippen LogP contribution in [0.1, 0.15) is 29.0 Å². The number of rotatable bonds is 4. The number of morpholine rings is 1. The van der Waals surface area contributed by atoms with Crippen molar-refractivity contribution in [2.24, 2.45) is 0 Å². The minimum atomic E-state index is 0.106. The molecule has 2 aliphatic rings. The first-order valence-corrected chi connectivity index (χ1v) is 9.00. The molecule has 0 bridgehead atoms. The zero-order chi connectivity index (χ0) is 17.1. The first-order chi connectivity index (χ1) is 12.3. The summed E-state index contributed by atoms with van der Waals surface area (Å²) in [4.78, 5) is 2.41. The SMILES string of the molecule is COCc1ccc2c(c1)C(c1ccccc1)CC(N1CCOCC1)O2. The summed E-state index contributed by atoms with van der Waals surface area (Å²) < 4.78 is 17.2. The van der Waals surface area contributed by atoms with Gasteiger partial charge in [0, 0.05) is 38.1 Å². The summed E-state index contributed by atoms with van der Waals surface area (Å²) in [6.07, 6.45) is 1.07. The summed E-state index contributed by atoms with van der Waals surface area (Å²) in [5.41, 5.74) is 3.81. The highest BCUT2D eigenvalue weighted by Crippen LogP contribution is 2.41. The molecular weight excluding hydrogens is 314 g/mol. The van der Waals surface area contributed by atoms with Crippen molar-refractivity contribution in [1.82, 2.24) is 4.90 Å². The van der Waals surface area contributed by atoms with Gasteiger partial charge in [-0.25, -0.2) is 0 Å². The lowest BCUT2D eigenvalue weighted by Gasteiger charge is -2.40. The number of fused-ring (bicyclic) bond motifs is 1. The van der Waals surface area contributed by atoms with Crippen LogP contribution >= 0.6 is 0 Å². The van der Waals surface area contributed by atoms with Gasteiger partial charge in [0.2, 0.25) is 0 Å². The molecule has 4 rings (SSSR count). The van der Waals surface area contributed by atoms with E-state index in [0.29, 0.717) is 12.5 Å². The molecule has 2 aromatic rings. The molecule has 132 valence electrons. The fourth-order valence-electron chi connectivity index (χ4n) is 3.85. The molecule has 1 fully saturated rings. The molecular formula is C21H25NO3. The lowest BCUT2D eigenvalue weighted by Crippen LogP contribution is -2.48. The topological polar surface area (TPSA) is 30.9 Å². The number of methoxy groups -OCH3 is 1. The van der Waals surface area contributed by atoms with E-state index in [1.54, 1.807) is 7.11 Å². The van der Waals surface area contributed by atoms with Crippen LogP contribution in [0.15, 0.2) is 48.5 Å². The fourth-order valence-corrected chi connectivity index (χ4v) is 3.85. The van der Waals surface area contributed by atoms with Crippen molar-refractivity contribution in [2.45, 2.75) is 25.2 Å². The molecule has 4 heteroatoms. The Hall–Kier alpha value is -1.88. The third-order valence-corrected chi connectivity index (χ3v) is 5.12. The maximum absolute atomic E-state index is 6.39. The molecule has 0 saturated carbocycles. The van der Waals surface area contributed by atoms with Crippen LogP contribution in [-0.2, 0) is 16.1 Å². The average Bonchev–Trinajstić information content (AvgIpc) is 2.69. The van der Waals surface area contributed by atoms with Gasteiger partial charge in [-0.05, 0) is 23.3 Å². The summed E-state index contributed by atoms with van der Waals surface area (Å²) in [7, 11) is 1.74. The first-order valence-electron chi connectivity index (χ1n) is 9.00. The van der Waals surface area contributed by atoms with E-state index >= 15 is 0 Å². The van der Waals surface area contributed by atoms with Crippen LogP contribution in [0.5, 0.6) is 5.75 Å². The minimum absolute atomic E-state index is 0.106. The lowest BCUT2D eigenvalue weighted by atomic mass is 9.84. The van der Waals surface area contributed by atoms with Gasteiger partial charge in [0.15, 0.2) is 6.23 Å². The Bertz CT molecular complexity index is 698. The van der Waals surface area contributed by atoms with Gasteiger partial charge in [-0.15, -0.1) is 0 Å². The van der Waals surface area contributed by atoms with Gasteiger partial charge >= 0.3 is 0 Å². The van der Waals surface area contributed by atoms with Crippen molar-refractivity contribution < 1.29 is 14.2 Å². The molecule has 25 heavy (non-hydrogen) atoms. The zero-order valence-electron chi connectivity index (χ0n) is 14.7. The molecule has 2 aromatic carbocycles. The van der Waals surface area contributed by atoms with Gasteiger partial charge in [-0.3, -0.25) is 4.90 Å². The summed E-state index contributed by atoms with van der Waals surface area (Å²) in [6.45, 7) is 4.07. The zero-order valence-corrected chi connectivity index (χ0v) is 14.7. The van der Waals surface area contributed by atoms with Crippen molar-refractivity contribution in [1.29, 1.82) is 0 Å². The highest BCUT2D eigenvalue weighted by atomic mass is 16.5.